The van der Waals surface area contributed by atoms with E-state index >= 15 is 0 Å². The molecule has 3 unspecified atom stereocenters. The third-order valence-corrected chi connectivity index (χ3v) is 4.19. The normalized spacial score (nSPS) is 25.7. The second-order valence-electron chi connectivity index (χ2n) is 5.62. The first-order chi connectivity index (χ1) is 9.11. The van der Waals surface area contributed by atoms with Crippen LogP contribution in [0.5, 0.6) is 0 Å². The maximum atomic E-state index is 10.0. The summed E-state index contributed by atoms with van der Waals surface area (Å²) in [6, 6.07) is 0.0990. The van der Waals surface area contributed by atoms with E-state index in [1.54, 1.807) is 0 Å². The molecule has 0 spiro atoms. The van der Waals surface area contributed by atoms with Gasteiger partial charge in [-0.1, -0.05) is 19.8 Å². The topological polar surface area (TPSA) is 62.4 Å². The van der Waals surface area contributed by atoms with E-state index in [-0.39, 0.29) is 12.1 Å². The van der Waals surface area contributed by atoms with Gasteiger partial charge in [-0.25, -0.2) is 0 Å². The Morgan fingerprint density at radius 1 is 1.37 bits per heavy atom. The Bertz CT molecular complexity index is 394. The summed E-state index contributed by atoms with van der Waals surface area (Å²) >= 11 is 0. The van der Waals surface area contributed by atoms with Gasteiger partial charge in [0.05, 0.1) is 12.1 Å². The molecule has 1 aromatic heterocycles. The van der Waals surface area contributed by atoms with E-state index in [9.17, 15) is 5.11 Å². The zero-order chi connectivity index (χ0) is 13.8. The Labute approximate surface area is 115 Å². The van der Waals surface area contributed by atoms with Gasteiger partial charge in [0.25, 0.3) is 0 Å². The van der Waals surface area contributed by atoms with E-state index < -0.39 is 0 Å². The average Bonchev–Trinajstić information content (AvgIpc) is 2.89. The van der Waals surface area contributed by atoms with Gasteiger partial charge in [0.15, 0.2) is 0 Å². The lowest BCUT2D eigenvalue weighted by atomic mass is 9.86. The molecule has 1 heterocycles. The minimum atomic E-state index is -0.155. The quantitative estimate of drug-likeness (QED) is 0.886. The van der Waals surface area contributed by atoms with Crippen LogP contribution in [-0.4, -0.2) is 39.9 Å². The summed E-state index contributed by atoms with van der Waals surface area (Å²) < 4.78 is 5.61. The van der Waals surface area contributed by atoms with Crippen molar-refractivity contribution >= 4 is 0 Å². The summed E-state index contributed by atoms with van der Waals surface area (Å²) in [6.45, 7) is 4.96. The first-order valence-electron chi connectivity index (χ1n) is 7.32. The van der Waals surface area contributed by atoms with Crippen LogP contribution in [-0.2, 0) is 6.42 Å². The Balaban J connectivity index is 1.92. The smallest absolute Gasteiger partial charge is 0.233 e. The van der Waals surface area contributed by atoms with Crippen molar-refractivity contribution in [1.82, 2.24) is 15.1 Å². The van der Waals surface area contributed by atoms with Crippen LogP contribution < -0.4 is 0 Å². The maximum absolute atomic E-state index is 10.0. The third kappa shape index (κ3) is 3.54. The number of hydrogen-bond donors (Lipinski definition) is 1. The minimum Gasteiger partial charge on any atom is -0.424 e. The van der Waals surface area contributed by atoms with E-state index in [2.05, 4.69) is 29.1 Å². The molecule has 0 bridgehead atoms. The van der Waals surface area contributed by atoms with Crippen LogP contribution in [0.1, 0.15) is 57.4 Å². The molecule has 3 atom stereocenters. The fourth-order valence-corrected chi connectivity index (χ4v) is 2.70. The predicted molar refractivity (Wildman–Crippen MR) is 72.7 cm³/mol. The van der Waals surface area contributed by atoms with Crippen LogP contribution in [0.4, 0.5) is 0 Å². The Hall–Kier alpha value is -0.940. The summed E-state index contributed by atoms with van der Waals surface area (Å²) in [6.07, 6.45) is 5.04. The summed E-state index contributed by atoms with van der Waals surface area (Å²) in [5, 5.41) is 18.1. The molecule has 19 heavy (non-hydrogen) atoms. The molecule has 108 valence electrons. The molecule has 1 aromatic rings. The van der Waals surface area contributed by atoms with Crippen LogP contribution in [0.2, 0.25) is 0 Å². The van der Waals surface area contributed by atoms with Crippen LogP contribution in [0.15, 0.2) is 4.42 Å². The lowest BCUT2D eigenvalue weighted by Crippen LogP contribution is -2.36. The highest BCUT2D eigenvalue weighted by molar-refractivity contribution is 4.89. The van der Waals surface area contributed by atoms with Crippen molar-refractivity contribution in [2.45, 2.75) is 58.1 Å². The molecule has 0 saturated heterocycles. The molecule has 1 N–H and O–H groups in total. The highest BCUT2D eigenvalue weighted by atomic mass is 16.4. The molecule has 5 heteroatoms. The monoisotopic (exact) mass is 267 g/mol. The zero-order valence-corrected chi connectivity index (χ0v) is 12.2. The van der Waals surface area contributed by atoms with Crippen molar-refractivity contribution in [3.8, 4) is 0 Å². The number of aryl methyl sites for hydroxylation is 1. The summed E-state index contributed by atoms with van der Waals surface area (Å²) in [5.41, 5.74) is 0. The fraction of sp³-hybridized carbons (Fsp3) is 0.857. The van der Waals surface area contributed by atoms with Crippen molar-refractivity contribution in [2.75, 3.05) is 13.6 Å². The third-order valence-electron chi connectivity index (χ3n) is 4.19. The summed E-state index contributed by atoms with van der Waals surface area (Å²) in [7, 11) is 2.06. The van der Waals surface area contributed by atoms with Crippen LogP contribution in [0.3, 0.4) is 0 Å². The minimum absolute atomic E-state index is 0.0990. The molecule has 0 radical (unpaired) electrons. The van der Waals surface area contributed by atoms with Crippen LogP contribution in [0, 0.1) is 5.92 Å². The lowest BCUT2D eigenvalue weighted by molar-refractivity contribution is 0.0420. The molecule has 1 fully saturated rings. The van der Waals surface area contributed by atoms with Crippen LogP contribution >= 0.6 is 0 Å². The first kappa shape index (κ1) is 14.5. The van der Waals surface area contributed by atoms with Crippen molar-refractivity contribution in [2.24, 2.45) is 5.92 Å². The Kier molecular flexibility index (Phi) is 4.93. The number of aliphatic hydroxyl groups is 1. The van der Waals surface area contributed by atoms with E-state index in [1.165, 1.54) is 6.42 Å². The van der Waals surface area contributed by atoms with Gasteiger partial charge in [0.2, 0.25) is 11.8 Å². The molecular weight excluding hydrogens is 242 g/mol. The number of aromatic nitrogens is 2. The first-order valence-corrected chi connectivity index (χ1v) is 7.32. The zero-order valence-electron chi connectivity index (χ0n) is 12.2. The Morgan fingerprint density at radius 3 is 2.74 bits per heavy atom. The van der Waals surface area contributed by atoms with Gasteiger partial charge in [-0.15, -0.1) is 10.2 Å². The highest BCUT2D eigenvalue weighted by Crippen LogP contribution is 2.27. The molecule has 0 aromatic carbocycles. The number of rotatable bonds is 5. The largest absolute Gasteiger partial charge is 0.424 e. The molecule has 2 rings (SSSR count). The molecule has 0 aliphatic heterocycles. The molecule has 1 saturated carbocycles. The van der Waals surface area contributed by atoms with Crippen molar-refractivity contribution in [3.05, 3.63) is 11.8 Å². The van der Waals surface area contributed by atoms with E-state index in [1.807, 2.05) is 6.92 Å². The molecule has 5 nitrogen and oxygen atoms in total. The molecule has 0 amide bonds. The number of nitrogens with zero attached hydrogens (tertiary/aromatic N) is 3. The summed E-state index contributed by atoms with van der Waals surface area (Å²) in [4.78, 5) is 2.20. The van der Waals surface area contributed by atoms with Gasteiger partial charge in [0, 0.05) is 13.0 Å². The van der Waals surface area contributed by atoms with E-state index in [0.29, 0.717) is 17.7 Å². The standard InChI is InChI=1S/C14H25N3O2/c1-4-13-15-16-14(19-13)10(2)17(3)9-11-7-5-6-8-12(11)18/h10-12,18H,4-9H2,1-3H3. The highest BCUT2D eigenvalue weighted by Gasteiger charge is 2.27. The van der Waals surface area contributed by atoms with Crippen LogP contribution in [0.25, 0.3) is 0 Å². The van der Waals surface area contributed by atoms with E-state index in [4.69, 9.17) is 4.42 Å². The molecular formula is C14H25N3O2. The fourth-order valence-electron chi connectivity index (χ4n) is 2.70. The van der Waals surface area contributed by atoms with Crippen molar-refractivity contribution < 1.29 is 9.52 Å². The van der Waals surface area contributed by atoms with Crippen molar-refractivity contribution in [1.29, 1.82) is 0 Å². The summed E-state index contributed by atoms with van der Waals surface area (Å²) in [5.74, 6) is 1.73. The lowest BCUT2D eigenvalue weighted by Gasteiger charge is -2.32. The van der Waals surface area contributed by atoms with Gasteiger partial charge in [-0.3, -0.25) is 4.90 Å². The second-order valence-corrected chi connectivity index (χ2v) is 5.62. The van der Waals surface area contributed by atoms with Gasteiger partial charge in [0.1, 0.15) is 0 Å². The van der Waals surface area contributed by atoms with Gasteiger partial charge in [-0.2, -0.15) is 0 Å². The SMILES string of the molecule is CCc1nnc(C(C)N(C)CC2CCCCC2O)o1. The predicted octanol–water partition coefficient (Wildman–Crippen LogP) is 2.18. The maximum Gasteiger partial charge on any atom is 0.233 e. The van der Waals surface area contributed by atoms with Gasteiger partial charge >= 0.3 is 0 Å². The number of aliphatic hydroxyl groups excluding tert-OH is 1. The Morgan fingerprint density at radius 2 is 2.11 bits per heavy atom. The van der Waals surface area contributed by atoms with Gasteiger partial charge < -0.3 is 9.52 Å². The van der Waals surface area contributed by atoms with Crippen molar-refractivity contribution in [3.63, 3.8) is 0 Å². The van der Waals surface area contributed by atoms with E-state index in [0.717, 1.165) is 32.2 Å². The molecule has 1 aliphatic rings. The second kappa shape index (κ2) is 6.48. The average molecular weight is 267 g/mol. The number of hydrogen-bond acceptors (Lipinski definition) is 5. The van der Waals surface area contributed by atoms with Gasteiger partial charge in [-0.05, 0) is 32.7 Å². The molecule has 1 aliphatic carbocycles.